The minimum atomic E-state index is -0.304. The Balaban J connectivity index is 2.03. The molecule has 0 saturated carbocycles. The van der Waals surface area contributed by atoms with Crippen LogP contribution >= 0.6 is 11.6 Å². The van der Waals surface area contributed by atoms with Gasteiger partial charge in [0, 0.05) is 30.8 Å². The van der Waals surface area contributed by atoms with Crippen LogP contribution in [0.3, 0.4) is 0 Å². The average Bonchev–Trinajstić information content (AvgIpc) is 2.44. The molecule has 0 bridgehead atoms. The summed E-state index contributed by atoms with van der Waals surface area (Å²) in [7, 11) is 1.62. The van der Waals surface area contributed by atoms with Gasteiger partial charge in [-0.25, -0.2) is 0 Å². The molecule has 112 valence electrons. The van der Waals surface area contributed by atoms with Crippen LogP contribution in [0.4, 0.5) is 5.69 Å². The summed E-state index contributed by atoms with van der Waals surface area (Å²) in [5.74, 6) is -0.304. The molecule has 0 aliphatic carbocycles. The molecule has 0 heterocycles. The summed E-state index contributed by atoms with van der Waals surface area (Å²) in [6, 6.07) is 7.17. The van der Waals surface area contributed by atoms with Gasteiger partial charge in [0.15, 0.2) is 0 Å². The van der Waals surface area contributed by atoms with Gasteiger partial charge < -0.3 is 19.5 Å². The number of halogens is 1. The standard InChI is InChI=1S/C14H20ClNO4/c1-18-8-9-19-6-3-7-20-14(17)11-16-13-5-2-4-12(15)10-13/h2,4-5,10,16H,3,6-9,11H2,1H3. The lowest BCUT2D eigenvalue weighted by Crippen LogP contribution is -2.18. The van der Waals surface area contributed by atoms with E-state index in [4.69, 9.17) is 25.8 Å². The molecule has 0 radical (unpaired) electrons. The number of hydrogen-bond acceptors (Lipinski definition) is 5. The molecule has 0 saturated heterocycles. The van der Waals surface area contributed by atoms with Crippen molar-refractivity contribution >= 4 is 23.3 Å². The molecular weight excluding hydrogens is 282 g/mol. The van der Waals surface area contributed by atoms with Gasteiger partial charge in [-0.1, -0.05) is 17.7 Å². The number of anilines is 1. The van der Waals surface area contributed by atoms with Crippen molar-refractivity contribution in [1.82, 2.24) is 0 Å². The summed E-state index contributed by atoms with van der Waals surface area (Å²) in [5.41, 5.74) is 0.789. The largest absolute Gasteiger partial charge is 0.464 e. The van der Waals surface area contributed by atoms with Crippen LogP contribution in [0.25, 0.3) is 0 Å². The van der Waals surface area contributed by atoms with E-state index in [9.17, 15) is 4.79 Å². The van der Waals surface area contributed by atoms with Crippen LogP contribution in [0.2, 0.25) is 5.02 Å². The maximum Gasteiger partial charge on any atom is 0.325 e. The Morgan fingerprint density at radius 1 is 1.25 bits per heavy atom. The summed E-state index contributed by atoms with van der Waals surface area (Å²) >= 11 is 5.84. The highest BCUT2D eigenvalue weighted by atomic mass is 35.5. The lowest BCUT2D eigenvalue weighted by Gasteiger charge is -2.08. The van der Waals surface area contributed by atoms with Gasteiger partial charge in [-0.2, -0.15) is 0 Å². The number of hydrogen-bond donors (Lipinski definition) is 1. The number of carbonyl (C=O) groups is 1. The number of methoxy groups -OCH3 is 1. The molecule has 0 unspecified atom stereocenters. The van der Waals surface area contributed by atoms with Crippen LogP contribution in [0.5, 0.6) is 0 Å². The highest BCUT2D eigenvalue weighted by molar-refractivity contribution is 6.30. The summed E-state index contributed by atoms with van der Waals surface area (Å²) in [5, 5.41) is 3.57. The van der Waals surface area contributed by atoms with Gasteiger partial charge in [0.1, 0.15) is 6.54 Å². The Labute approximate surface area is 124 Å². The molecule has 5 nitrogen and oxygen atoms in total. The van der Waals surface area contributed by atoms with Crippen molar-refractivity contribution in [1.29, 1.82) is 0 Å². The highest BCUT2D eigenvalue weighted by Gasteiger charge is 2.02. The normalized spacial score (nSPS) is 10.3. The Kier molecular flexibility index (Phi) is 8.78. The number of rotatable bonds is 10. The maximum atomic E-state index is 11.5. The van der Waals surface area contributed by atoms with Gasteiger partial charge in [-0.15, -0.1) is 0 Å². The van der Waals surface area contributed by atoms with Crippen molar-refractivity contribution in [3.8, 4) is 0 Å². The maximum absolute atomic E-state index is 11.5. The first-order valence-electron chi connectivity index (χ1n) is 6.44. The molecule has 1 rings (SSSR count). The van der Waals surface area contributed by atoms with Crippen molar-refractivity contribution < 1.29 is 19.0 Å². The zero-order valence-electron chi connectivity index (χ0n) is 11.6. The molecule has 0 fully saturated rings. The van der Waals surface area contributed by atoms with Crippen LogP contribution in [-0.4, -0.2) is 46.1 Å². The predicted octanol–water partition coefficient (Wildman–Crippen LogP) is 2.35. The van der Waals surface area contributed by atoms with E-state index in [1.807, 2.05) is 12.1 Å². The molecule has 0 aromatic heterocycles. The highest BCUT2D eigenvalue weighted by Crippen LogP contribution is 2.14. The number of esters is 1. The summed E-state index contributed by atoms with van der Waals surface area (Å²) in [6.45, 7) is 2.15. The summed E-state index contributed by atoms with van der Waals surface area (Å²) < 4.78 is 15.1. The van der Waals surface area contributed by atoms with E-state index in [0.717, 1.165) is 5.69 Å². The minimum Gasteiger partial charge on any atom is -0.464 e. The van der Waals surface area contributed by atoms with Crippen LogP contribution in [0.1, 0.15) is 6.42 Å². The zero-order chi connectivity index (χ0) is 14.6. The second kappa shape index (κ2) is 10.5. The molecule has 0 aliphatic heterocycles. The van der Waals surface area contributed by atoms with Crippen molar-refractivity contribution in [2.24, 2.45) is 0 Å². The topological polar surface area (TPSA) is 56.8 Å². The second-order valence-electron chi connectivity index (χ2n) is 4.04. The van der Waals surface area contributed by atoms with E-state index in [2.05, 4.69) is 5.32 Å². The molecule has 6 heteroatoms. The Bertz CT molecular complexity index is 401. The Hall–Kier alpha value is -1.30. The molecule has 0 atom stereocenters. The average molecular weight is 302 g/mol. The smallest absolute Gasteiger partial charge is 0.325 e. The molecule has 0 spiro atoms. The van der Waals surface area contributed by atoms with E-state index in [0.29, 0.717) is 37.9 Å². The minimum absolute atomic E-state index is 0.116. The predicted molar refractivity (Wildman–Crippen MR) is 78.2 cm³/mol. The first kappa shape index (κ1) is 16.8. The van der Waals surface area contributed by atoms with Crippen LogP contribution in [0.15, 0.2) is 24.3 Å². The first-order chi connectivity index (χ1) is 9.72. The Morgan fingerprint density at radius 3 is 2.85 bits per heavy atom. The van der Waals surface area contributed by atoms with Gasteiger partial charge in [0.05, 0.1) is 19.8 Å². The molecule has 1 N–H and O–H groups in total. The van der Waals surface area contributed by atoms with Crippen molar-refractivity contribution in [3.63, 3.8) is 0 Å². The first-order valence-corrected chi connectivity index (χ1v) is 6.82. The van der Waals surface area contributed by atoms with E-state index in [1.54, 1.807) is 19.2 Å². The van der Waals surface area contributed by atoms with Gasteiger partial charge in [-0.3, -0.25) is 4.79 Å². The van der Waals surface area contributed by atoms with Crippen molar-refractivity contribution in [2.45, 2.75) is 6.42 Å². The van der Waals surface area contributed by atoms with Gasteiger partial charge in [0.2, 0.25) is 0 Å². The van der Waals surface area contributed by atoms with Crippen LogP contribution in [0, 0.1) is 0 Å². The van der Waals surface area contributed by atoms with Crippen LogP contribution < -0.4 is 5.32 Å². The van der Waals surface area contributed by atoms with E-state index < -0.39 is 0 Å². The third kappa shape index (κ3) is 7.99. The van der Waals surface area contributed by atoms with Gasteiger partial charge >= 0.3 is 5.97 Å². The molecule has 1 aromatic carbocycles. The number of carbonyl (C=O) groups excluding carboxylic acids is 1. The van der Waals surface area contributed by atoms with Gasteiger partial charge in [-0.05, 0) is 18.2 Å². The molecule has 0 amide bonds. The number of ether oxygens (including phenoxy) is 3. The SMILES string of the molecule is COCCOCCCOC(=O)CNc1cccc(Cl)c1. The lowest BCUT2D eigenvalue weighted by molar-refractivity contribution is -0.141. The molecule has 20 heavy (non-hydrogen) atoms. The van der Waals surface area contributed by atoms with Crippen LogP contribution in [-0.2, 0) is 19.0 Å². The monoisotopic (exact) mass is 301 g/mol. The van der Waals surface area contributed by atoms with Crippen molar-refractivity contribution in [3.05, 3.63) is 29.3 Å². The third-order valence-electron chi connectivity index (χ3n) is 2.39. The van der Waals surface area contributed by atoms with Crippen molar-refractivity contribution in [2.75, 3.05) is 45.4 Å². The fourth-order valence-corrected chi connectivity index (χ4v) is 1.61. The fraction of sp³-hybridized carbons (Fsp3) is 0.500. The Morgan fingerprint density at radius 2 is 2.10 bits per heavy atom. The quantitative estimate of drug-likeness (QED) is 0.531. The lowest BCUT2D eigenvalue weighted by atomic mass is 10.3. The zero-order valence-corrected chi connectivity index (χ0v) is 12.3. The second-order valence-corrected chi connectivity index (χ2v) is 4.48. The van der Waals surface area contributed by atoms with E-state index >= 15 is 0 Å². The molecule has 1 aromatic rings. The van der Waals surface area contributed by atoms with E-state index in [1.165, 1.54) is 0 Å². The number of benzene rings is 1. The molecule has 0 aliphatic rings. The van der Waals surface area contributed by atoms with Gasteiger partial charge in [0.25, 0.3) is 0 Å². The summed E-state index contributed by atoms with van der Waals surface area (Å²) in [4.78, 5) is 11.5. The number of nitrogens with one attached hydrogen (secondary N) is 1. The summed E-state index contributed by atoms with van der Waals surface area (Å²) in [6.07, 6.45) is 0.673. The third-order valence-corrected chi connectivity index (χ3v) is 2.62. The molecular formula is C14H20ClNO4. The van der Waals surface area contributed by atoms with E-state index in [-0.39, 0.29) is 12.5 Å². The fourth-order valence-electron chi connectivity index (χ4n) is 1.42.